The molecule has 2 aromatic rings. The number of halogens is 2. The van der Waals surface area contributed by atoms with Gasteiger partial charge in [0, 0.05) is 34.4 Å². The number of Topliss-reactive ketones (excluding diaryl/α,β-unsaturated/α-hetero) is 1. The Hall–Kier alpha value is -5.14. The lowest BCUT2D eigenvalue weighted by Gasteiger charge is -2.62. The molecule has 1 aliphatic heterocycles. The van der Waals surface area contributed by atoms with Gasteiger partial charge in [0.25, 0.3) is 0 Å². The van der Waals surface area contributed by atoms with Crippen LogP contribution in [0.15, 0.2) is 72.3 Å². The first-order valence-electron chi connectivity index (χ1n) is 21.3. The number of aliphatic carboxylic acids is 1. The minimum atomic E-state index is -2.11. The van der Waals surface area contributed by atoms with Gasteiger partial charge in [0.15, 0.2) is 29.1 Å². The predicted molar refractivity (Wildman–Crippen MR) is 230 cm³/mol. The van der Waals surface area contributed by atoms with E-state index in [0.717, 1.165) is 11.1 Å². The lowest BCUT2D eigenvalue weighted by Crippen LogP contribution is -2.69. The molecule has 0 radical (unpaired) electrons. The summed E-state index contributed by atoms with van der Waals surface area (Å²) in [6, 6.07) is 13.2. The van der Waals surface area contributed by atoms with E-state index in [1.54, 1.807) is 37.3 Å². The fourth-order valence-electron chi connectivity index (χ4n) is 11.0. The van der Waals surface area contributed by atoms with Crippen LogP contribution in [0.4, 0.5) is 10.1 Å². The van der Waals surface area contributed by atoms with Crippen LogP contribution in [0.5, 0.6) is 0 Å². The van der Waals surface area contributed by atoms with Gasteiger partial charge in [-0.05, 0) is 86.8 Å². The summed E-state index contributed by atoms with van der Waals surface area (Å²) >= 11 is 2.95. The zero-order valence-corrected chi connectivity index (χ0v) is 37.0. The zero-order valence-electron chi connectivity index (χ0n) is 35.4. The van der Waals surface area contributed by atoms with Crippen molar-refractivity contribution < 1.29 is 62.7 Å². The summed E-state index contributed by atoms with van der Waals surface area (Å²) in [5, 5.41) is 41.0. The van der Waals surface area contributed by atoms with Crippen LogP contribution < -0.4 is 21.3 Å². The number of allylic oxidation sites excluding steroid dienone is 4. The Labute approximate surface area is 376 Å². The fourth-order valence-corrected chi connectivity index (χ4v) is 11.2. The zero-order chi connectivity index (χ0) is 46.2. The van der Waals surface area contributed by atoms with Crippen molar-refractivity contribution >= 4 is 62.8 Å². The fraction of sp³-hybridized carbons (Fsp3) is 0.500. The summed E-state index contributed by atoms with van der Waals surface area (Å²) in [5.41, 5.74) is -2.60. The Bertz CT molecular complexity index is 2290. The van der Waals surface area contributed by atoms with E-state index in [4.69, 9.17) is 14.6 Å². The van der Waals surface area contributed by atoms with Gasteiger partial charge < -0.3 is 46.1 Å². The Kier molecular flexibility index (Phi) is 13.5. The number of aliphatic hydroxyl groups is 2. The summed E-state index contributed by atoms with van der Waals surface area (Å²) < 4.78 is 31.0. The highest BCUT2D eigenvalue weighted by atomic mass is 79.9. The van der Waals surface area contributed by atoms with Crippen molar-refractivity contribution in [1.82, 2.24) is 16.0 Å². The molecule has 0 unspecified atom stereocenters. The highest BCUT2D eigenvalue weighted by Crippen LogP contribution is 2.72. The van der Waals surface area contributed by atoms with Crippen LogP contribution in [0.25, 0.3) is 0 Å². The van der Waals surface area contributed by atoms with Crippen molar-refractivity contribution in [2.24, 2.45) is 22.7 Å². The summed E-state index contributed by atoms with van der Waals surface area (Å²) in [5.74, 6) is -5.61. The number of carbonyl (C=O) groups excluding carboxylic acids is 6. The van der Waals surface area contributed by atoms with Gasteiger partial charge in [-0.3, -0.25) is 33.6 Å². The van der Waals surface area contributed by atoms with Crippen LogP contribution in [0.3, 0.4) is 0 Å². The minimum Gasteiger partial charge on any atom is -0.481 e. The number of nitrogens with one attached hydrogen (secondary N) is 4. The molecule has 1 heterocycles. The topological polar surface area (TPSA) is 247 Å². The second-order valence-corrected chi connectivity index (χ2v) is 18.3. The maximum atomic E-state index is 17.8. The van der Waals surface area contributed by atoms with Crippen molar-refractivity contribution in [2.75, 3.05) is 30.3 Å². The predicted octanol–water partition coefficient (Wildman–Crippen LogP) is 2.89. The lowest BCUT2D eigenvalue weighted by molar-refractivity contribution is -0.231. The number of anilines is 1. The van der Waals surface area contributed by atoms with Crippen LogP contribution in [0.1, 0.15) is 75.4 Å². The molecule has 4 fully saturated rings. The van der Waals surface area contributed by atoms with Gasteiger partial charge in [0.1, 0.15) is 12.6 Å². The molecule has 0 aromatic heterocycles. The largest absolute Gasteiger partial charge is 0.481 e. The molecule has 0 spiro atoms. The molecule has 2 aromatic carbocycles. The third-order valence-corrected chi connectivity index (χ3v) is 14.6. The molecule has 10 atom stereocenters. The van der Waals surface area contributed by atoms with E-state index in [1.165, 1.54) is 12.2 Å². The summed E-state index contributed by atoms with van der Waals surface area (Å²) in [6.45, 7) is 1.84. The lowest BCUT2D eigenvalue weighted by atomic mass is 9.44. The monoisotopic (exact) mass is 950 g/mol. The maximum absolute atomic E-state index is 17.8. The molecule has 7 N–H and O–H groups in total. The molecule has 16 nitrogen and oxygen atoms in total. The van der Waals surface area contributed by atoms with Crippen LogP contribution in [0.2, 0.25) is 0 Å². The number of carboxylic acid groups (broad SMARTS) is 1. The molecular weight excluding hydrogens is 899 g/mol. The van der Waals surface area contributed by atoms with E-state index in [2.05, 4.69) is 37.2 Å². The third kappa shape index (κ3) is 8.45. The molecule has 18 heteroatoms. The normalized spacial score (nSPS) is 31.6. The number of fused-ring (bicyclic) bond motifs is 7. The summed E-state index contributed by atoms with van der Waals surface area (Å²) in [7, 11) is 0. The Balaban J connectivity index is 0.980. The van der Waals surface area contributed by atoms with Gasteiger partial charge >= 0.3 is 5.97 Å². The number of amides is 4. The van der Waals surface area contributed by atoms with Gasteiger partial charge in [-0.2, -0.15) is 0 Å². The smallest absolute Gasteiger partial charge is 0.303 e. The second-order valence-electron chi connectivity index (χ2n) is 17.7. The average Bonchev–Trinajstić information content (AvgIpc) is 3.77. The summed E-state index contributed by atoms with van der Waals surface area (Å²) in [6.07, 6.45) is 1.88. The molecule has 3 saturated carbocycles. The van der Waals surface area contributed by atoms with Gasteiger partial charge in [0.05, 0.1) is 30.6 Å². The van der Waals surface area contributed by atoms with Crippen molar-refractivity contribution in [3.63, 3.8) is 0 Å². The number of carboxylic acids is 1. The van der Waals surface area contributed by atoms with E-state index in [1.807, 2.05) is 31.2 Å². The molecule has 5 aliphatic rings. The Morgan fingerprint density at radius 3 is 2.41 bits per heavy atom. The van der Waals surface area contributed by atoms with E-state index in [9.17, 15) is 43.8 Å². The standard InChI is InChI=1S/C46H52BrFN4O12/c1-43-15-14-30(54)18-28(43)8-11-31-32-19-36-46(35(56)24-53,44(32,2)20-34(55)45(31,43)48)64-42(63-36)27-5-3-4-26(17-27)16-25-6-9-29(10-7-25)51-38(58)23-50-41(62)33(12-13-40(60)61)52-39(59)22-49-37(57)21-47/h3-7,9-10,14-15,17-18,31-34,36,42,53,55H,8,11-13,16,19-24H2,1-2H3,(H,49,57)(H,50,62)(H,51,58)(H,52,59)(H,60,61)/t31-,32-,33-,34-,36+,42+,43-,44-,45-,46+/m0/s1. The molecular formula is C46H52BrFN4O12. The van der Waals surface area contributed by atoms with Crippen LogP contribution in [0, 0.1) is 22.7 Å². The van der Waals surface area contributed by atoms with Crippen molar-refractivity contribution in [1.29, 1.82) is 0 Å². The number of carbonyl (C=O) groups is 7. The van der Waals surface area contributed by atoms with Crippen LogP contribution in [-0.4, -0.2) is 111 Å². The van der Waals surface area contributed by atoms with Crippen molar-refractivity contribution in [2.45, 2.75) is 94.6 Å². The molecule has 64 heavy (non-hydrogen) atoms. The highest BCUT2D eigenvalue weighted by molar-refractivity contribution is 9.09. The maximum Gasteiger partial charge on any atom is 0.303 e. The van der Waals surface area contributed by atoms with Gasteiger partial charge in [-0.1, -0.05) is 70.9 Å². The number of alkyl halides is 2. The second kappa shape index (κ2) is 18.4. The first kappa shape index (κ1) is 46.8. The molecule has 7 rings (SSSR count). The quantitative estimate of drug-likeness (QED) is 0.120. The minimum absolute atomic E-state index is 0.0355. The van der Waals surface area contributed by atoms with E-state index in [-0.39, 0.29) is 30.4 Å². The molecule has 1 saturated heterocycles. The highest BCUT2D eigenvalue weighted by Gasteiger charge is 2.79. The van der Waals surface area contributed by atoms with Gasteiger partial charge in [0.2, 0.25) is 23.6 Å². The first-order valence-corrected chi connectivity index (χ1v) is 22.4. The number of ether oxygens (including phenoxy) is 2. The van der Waals surface area contributed by atoms with E-state index >= 15 is 4.39 Å². The number of ketones is 2. The third-order valence-electron chi connectivity index (χ3n) is 14.1. The number of aliphatic hydroxyl groups excluding tert-OH is 2. The number of hydrogen-bond donors (Lipinski definition) is 7. The van der Waals surface area contributed by atoms with Crippen LogP contribution in [-0.2, 0) is 49.5 Å². The molecule has 342 valence electrons. The van der Waals surface area contributed by atoms with Crippen LogP contribution >= 0.6 is 15.9 Å². The molecule has 0 bridgehead atoms. The Morgan fingerprint density at radius 1 is 0.969 bits per heavy atom. The SMILES string of the molecule is C[C@]12C=CC(=O)C=C1CC[C@H]1[C@@H]3C[C@H]4O[C@@H](c5cccc(Cc6ccc(NC(=O)CNC(=O)[C@H](CCC(=O)O)NC(=O)CNC(=O)CBr)cc6)c5)O[C@@]4(C(=O)CO)[C@@]3(C)C[C@H](O)[C@@]12F. The average molecular weight is 952 g/mol. The van der Waals surface area contributed by atoms with Gasteiger partial charge in [-0.15, -0.1) is 0 Å². The van der Waals surface area contributed by atoms with Crippen molar-refractivity contribution in [3.05, 3.63) is 89.0 Å². The molecule has 4 amide bonds. The number of rotatable bonds is 16. The van der Waals surface area contributed by atoms with Gasteiger partial charge in [-0.25, -0.2) is 4.39 Å². The summed E-state index contributed by atoms with van der Waals surface area (Å²) in [4.78, 5) is 86.6. The number of benzene rings is 2. The van der Waals surface area contributed by atoms with E-state index < -0.39 is 120 Å². The number of hydrogen-bond acceptors (Lipinski definition) is 11. The first-order chi connectivity index (χ1) is 30.4. The Morgan fingerprint density at radius 2 is 1.70 bits per heavy atom. The van der Waals surface area contributed by atoms with Crippen molar-refractivity contribution in [3.8, 4) is 0 Å². The van der Waals surface area contributed by atoms with E-state index in [0.29, 0.717) is 36.1 Å². The molecule has 4 aliphatic carbocycles.